The van der Waals surface area contributed by atoms with Gasteiger partial charge >= 0.3 is 0 Å². The van der Waals surface area contributed by atoms with Crippen LogP contribution in [-0.4, -0.2) is 23.1 Å². The van der Waals surface area contributed by atoms with Crippen LogP contribution in [0.5, 0.6) is 0 Å². The van der Waals surface area contributed by atoms with E-state index in [9.17, 15) is 0 Å². The van der Waals surface area contributed by atoms with Crippen LogP contribution < -0.4 is 4.90 Å². The van der Waals surface area contributed by atoms with Gasteiger partial charge in [-0.1, -0.05) is 6.07 Å². The molecule has 1 aliphatic rings. The summed E-state index contributed by atoms with van der Waals surface area (Å²) in [7, 11) is 0. The Morgan fingerprint density at radius 2 is 1.88 bits per heavy atom. The van der Waals surface area contributed by atoms with E-state index in [1.54, 1.807) is 0 Å². The highest BCUT2D eigenvalue weighted by Gasteiger charge is 2.16. The lowest BCUT2D eigenvalue weighted by Gasteiger charge is -2.20. The second-order valence-electron chi connectivity index (χ2n) is 4.30. The fourth-order valence-electron chi connectivity index (χ4n) is 2.33. The Kier molecular flexibility index (Phi) is 2.74. The van der Waals surface area contributed by atoms with Gasteiger partial charge in [0.1, 0.15) is 0 Å². The molecule has 3 rings (SSSR count). The van der Waals surface area contributed by atoms with Crippen molar-refractivity contribution in [1.82, 2.24) is 9.97 Å². The molecule has 2 aromatic heterocycles. The van der Waals surface area contributed by atoms with Gasteiger partial charge in [-0.25, -0.2) is 0 Å². The van der Waals surface area contributed by atoms with Crippen molar-refractivity contribution in [2.24, 2.45) is 0 Å². The molecule has 0 aromatic carbocycles. The summed E-state index contributed by atoms with van der Waals surface area (Å²) in [6, 6.07) is 8.07. The molecule has 86 valence electrons. The van der Waals surface area contributed by atoms with Crippen LogP contribution in [0.1, 0.15) is 12.8 Å². The Morgan fingerprint density at radius 1 is 1.00 bits per heavy atom. The van der Waals surface area contributed by atoms with Crippen molar-refractivity contribution < 1.29 is 0 Å². The summed E-state index contributed by atoms with van der Waals surface area (Å²) in [5.41, 5.74) is 3.42. The van der Waals surface area contributed by atoms with Crippen LogP contribution in [0.2, 0.25) is 0 Å². The monoisotopic (exact) mass is 225 g/mol. The van der Waals surface area contributed by atoms with E-state index in [-0.39, 0.29) is 0 Å². The third-order valence-corrected chi connectivity index (χ3v) is 3.19. The van der Waals surface area contributed by atoms with E-state index in [2.05, 4.69) is 27.0 Å². The Morgan fingerprint density at radius 3 is 2.65 bits per heavy atom. The minimum absolute atomic E-state index is 1.02. The molecular weight excluding hydrogens is 210 g/mol. The summed E-state index contributed by atoms with van der Waals surface area (Å²) in [5, 5.41) is 0. The SMILES string of the molecule is c1ccc(-c2ccncc2N2CCCC2)nc1. The second kappa shape index (κ2) is 4.53. The molecule has 0 aliphatic carbocycles. The van der Waals surface area contributed by atoms with Gasteiger partial charge in [0.15, 0.2) is 0 Å². The fraction of sp³-hybridized carbons (Fsp3) is 0.286. The molecule has 0 amide bonds. The van der Waals surface area contributed by atoms with Crippen molar-refractivity contribution >= 4 is 5.69 Å². The molecule has 17 heavy (non-hydrogen) atoms. The summed E-state index contributed by atoms with van der Waals surface area (Å²) >= 11 is 0. The van der Waals surface area contributed by atoms with E-state index in [4.69, 9.17) is 0 Å². The van der Waals surface area contributed by atoms with E-state index in [1.165, 1.54) is 24.1 Å². The first-order chi connectivity index (χ1) is 8.45. The quantitative estimate of drug-likeness (QED) is 0.787. The van der Waals surface area contributed by atoms with Crippen LogP contribution in [0, 0.1) is 0 Å². The molecule has 3 heterocycles. The molecule has 2 aromatic rings. The highest BCUT2D eigenvalue weighted by atomic mass is 15.1. The maximum absolute atomic E-state index is 4.43. The van der Waals surface area contributed by atoms with Crippen LogP contribution in [0.3, 0.4) is 0 Å². The van der Waals surface area contributed by atoms with Crippen molar-refractivity contribution in [1.29, 1.82) is 0 Å². The Bertz CT molecular complexity index is 490. The van der Waals surface area contributed by atoms with Gasteiger partial charge in [-0.3, -0.25) is 9.97 Å². The smallest absolute Gasteiger partial charge is 0.0723 e. The van der Waals surface area contributed by atoms with E-state index in [0.717, 1.165) is 18.8 Å². The van der Waals surface area contributed by atoms with E-state index in [1.807, 2.05) is 30.7 Å². The molecule has 0 bridgehead atoms. The number of nitrogens with zero attached hydrogens (tertiary/aromatic N) is 3. The first-order valence-electron chi connectivity index (χ1n) is 6.05. The number of aromatic nitrogens is 2. The van der Waals surface area contributed by atoms with Crippen molar-refractivity contribution in [3.63, 3.8) is 0 Å². The number of anilines is 1. The molecular formula is C14H15N3. The normalized spacial score (nSPS) is 15.2. The molecule has 0 spiro atoms. The summed E-state index contributed by atoms with van der Waals surface area (Å²) in [4.78, 5) is 11.1. The minimum Gasteiger partial charge on any atom is -0.370 e. The Balaban J connectivity index is 2.04. The maximum atomic E-state index is 4.43. The Labute approximate surface area is 101 Å². The predicted molar refractivity (Wildman–Crippen MR) is 68.9 cm³/mol. The topological polar surface area (TPSA) is 29.0 Å². The highest BCUT2D eigenvalue weighted by Crippen LogP contribution is 2.30. The molecule has 1 aliphatic heterocycles. The second-order valence-corrected chi connectivity index (χ2v) is 4.30. The molecule has 3 heteroatoms. The van der Waals surface area contributed by atoms with Gasteiger partial charge in [0.05, 0.1) is 17.6 Å². The number of rotatable bonds is 2. The van der Waals surface area contributed by atoms with Crippen LogP contribution in [0.4, 0.5) is 5.69 Å². The first-order valence-corrected chi connectivity index (χ1v) is 6.05. The number of pyridine rings is 2. The lowest BCUT2D eigenvalue weighted by atomic mass is 10.1. The van der Waals surface area contributed by atoms with Crippen LogP contribution in [0.25, 0.3) is 11.3 Å². The minimum atomic E-state index is 1.02. The van der Waals surface area contributed by atoms with Gasteiger partial charge in [0.25, 0.3) is 0 Å². The van der Waals surface area contributed by atoms with Crippen molar-refractivity contribution in [2.45, 2.75) is 12.8 Å². The average molecular weight is 225 g/mol. The zero-order valence-corrected chi connectivity index (χ0v) is 9.71. The van der Waals surface area contributed by atoms with E-state index in [0.29, 0.717) is 0 Å². The lowest BCUT2D eigenvalue weighted by Crippen LogP contribution is -2.18. The molecule has 3 nitrogen and oxygen atoms in total. The van der Waals surface area contributed by atoms with Crippen molar-refractivity contribution in [3.05, 3.63) is 42.9 Å². The predicted octanol–water partition coefficient (Wildman–Crippen LogP) is 2.74. The molecule has 1 saturated heterocycles. The summed E-state index contributed by atoms with van der Waals surface area (Å²) in [5.74, 6) is 0. The van der Waals surface area contributed by atoms with Gasteiger partial charge in [-0.05, 0) is 31.0 Å². The van der Waals surface area contributed by atoms with Crippen LogP contribution in [-0.2, 0) is 0 Å². The van der Waals surface area contributed by atoms with Crippen molar-refractivity contribution in [2.75, 3.05) is 18.0 Å². The molecule has 0 N–H and O–H groups in total. The van der Waals surface area contributed by atoms with Crippen LogP contribution in [0.15, 0.2) is 42.9 Å². The summed E-state index contributed by atoms with van der Waals surface area (Å²) in [6.07, 6.45) is 8.18. The van der Waals surface area contributed by atoms with Gasteiger partial charge in [-0.15, -0.1) is 0 Å². The van der Waals surface area contributed by atoms with Gasteiger partial charge in [0, 0.05) is 31.0 Å². The first kappa shape index (κ1) is 10.3. The van der Waals surface area contributed by atoms with Gasteiger partial charge in [-0.2, -0.15) is 0 Å². The summed E-state index contributed by atoms with van der Waals surface area (Å²) < 4.78 is 0. The third kappa shape index (κ3) is 2.00. The lowest BCUT2D eigenvalue weighted by molar-refractivity contribution is 0.949. The average Bonchev–Trinajstić information content (AvgIpc) is 2.94. The fourth-order valence-corrected chi connectivity index (χ4v) is 2.33. The highest BCUT2D eigenvalue weighted by molar-refractivity contribution is 5.75. The van der Waals surface area contributed by atoms with E-state index >= 15 is 0 Å². The molecule has 0 radical (unpaired) electrons. The Hall–Kier alpha value is -1.90. The zero-order valence-electron chi connectivity index (χ0n) is 9.71. The van der Waals surface area contributed by atoms with Gasteiger partial charge < -0.3 is 4.90 Å². The molecule has 0 unspecified atom stereocenters. The van der Waals surface area contributed by atoms with E-state index < -0.39 is 0 Å². The molecule has 1 fully saturated rings. The summed E-state index contributed by atoms with van der Waals surface area (Å²) in [6.45, 7) is 2.26. The molecule has 0 saturated carbocycles. The maximum Gasteiger partial charge on any atom is 0.0723 e. The third-order valence-electron chi connectivity index (χ3n) is 3.19. The standard InChI is InChI=1S/C14H15N3/c1-2-7-16-13(5-1)12-6-8-15-11-14(12)17-9-3-4-10-17/h1-2,5-8,11H,3-4,9-10H2. The molecule has 0 atom stereocenters. The number of hydrogen-bond acceptors (Lipinski definition) is 3. The largest absolute Gasteiger partial charge is 0.370 e. The van der Waals surface area contributed by atoms with Crippen LogP contribution >= 0.6 is 0 Å². The number of hydrogen-bond donors (Lipinski definition) is 0. The van der Waals surface area contributed by atoms with Crippen molar-refractivity contribution in [3.8, 4) is 11.3 Å². The zero-order chi connectivity index (χ0) is 11.5. The van der Waals surface area contributed by atoms with Gasteiger partial charge in [0.2, 0.25) is 0 Å².